The van der Waals surface area contributed by atoms with Crippen molar-refractivity contribution in [3.63, 3.8) is 0 Å². The maximum Gasteiger partial charge on any atom is 0.163 e. The summed E-state index contributed by atoms with van der Waals surface area (Å²) in [5.41, 5.74) is 3.43. The zero-order chi connectivity index (χ0) is 17.4. The van der Waals surface area contributed by atoms with Gasteiger partial charge in [-0.25, -0.2) is 0 Å². The minimum atomic E-state index is 0.607. The van der Waals surface area contributed by atoms with E-state index >= 15 is 0 Å². The van der Waals surface area contributed by atoms with Gasteiger partial charge in [-0.1, -0.05) is 0 Å². The molecule has 25 heavy (non-hydrogen) atoms. The molecule has 1 aliphatic rings. The lowest BCUT2D eigenvalue weighted by Crippen LogP contribution is -2.15. The first-order valence-electron chi connectivity index (χ1n) is 8.93. The van der Waals surface area contributed by atoms with Crippen LogP contribution in [0.4, 0.5) is 0 Å². The van der Waals surface area contributed by atoms with Gasteiger partial charge >= 0.3 is 0 Å². The number of methoxy groups -OCH3 is 1. The molecule has 5 nitrogen and oxygen atoms in total. The first-order valence-corrected chi connectivity index (χ1v) is 8.93. The predicted octanol–water partition coefficient (Wildman–Crippen LogP) is 3.93. The highest BCUT2D eigenvalue weighted by Gasteiger charge is 2.28. The van der Waals surface area contributed by atoms with Crippen molar-refractivity contribution in [1.82, 2.24) is 14.9 Å². The van der Waals surface area contributed by atoms with E-state index in [9.17, 15) is 0 Å². The zero-order valence-electron chi connectivity index (χ0n) is 15.1. The molecule has 5 heteroatoms. The Kier molecular flexibility index (Phi) is 4.25. The van der Waals surface area contributed by atoms with Crippen LogP contribution in [0.25, 0.3) is 21.8 Å². The number of pyridine rings is 1. The van der Waals surface area contributed by atoms with E-state index in [4.69, 9.17) is 9.47 Å². The van der Waals surface area contributed by atoms with Gasteiger partial charge in [0.1, 0.15) is 0 Å². The van der Waals surface area contributed by atoms with E-state index in [2.05, 4.69) is 41.1 Å². The predicted molar refractivity (Wildman–Crippen MR) is 101 cm³/mol. The quantitative estimate of drug-likeness (QED) is 0.663. The lowest BCUT2D eigenvalue weighted by molar-refractivity contribution is 0.268. The highest BCUT2D eigenvalue weighted by Crippen LogP contribution is 2.45. The van der Waals surface area contributed by atoms with Crippen LogP contribution < -0.4 is 9.47 Å². The number of ether oxygens (including phenoxy) is 2. The van der Waals surface area contributed by atoms with Crippen LogP contribution in [0.5, 0.6) is 11.5 Å². The summed E-state index contributed by atoms with van der Waals surface area (Å²) in [6, 6.07) is 6.19. The molecular weight excluding hydrogens is 314 g/mol. The van der Waals surface area contributed by atoms with Gasteiger partial charge in [0, 0.05) is 41.0 Å². The fourth-order valence-electron chi connectivity index (χ4n) is 3.38. The van der Waals surface area contributed by atoms with E-state index in [1.165, 1.54) is 29.3 Å². The average Bonchev–Trinajstić information content (AvgIpc) is 3.38. The summed E-state index contributed by atoms with van der Waals surface area (Å²) in [4.78, 5) is 10.3. The molecule has 0 aliphatic heterocycles. The number of nitrogens with zero attached hydrogens (tertiary/aromatic N) is 2. The highest BCUT2D eigenvalue weighted by atomic mass is 16.5. The van der Waals surface area contributed by atoms with Crippen molar-refractivity contribution in [2.24, 2.45) is 0 Å². The Morgan fingerprint density at radius 2 is 2.04 bits per heavy atom. The third-order valence-corrected chi connectivity index (χ3v) is 4.79. The van der Waals surface area contributed by atoms with Gasteiger partial charge in [0.15, 0.2) is 11.5 Å². The first-order chi connectivity index (χ1) is 12.2. The van der Waals surface area contributed by atoms with Crippen LogP contribution in [0.1, 0.15) is 30.9 Å². The van der Waals surface area contributed by atoms with Gasteiger partial charge in [0.2, 0.25) is 0 Å². The Hall–Kier alpha value is -2.27. The SMILES string of the molecule is COc1cc2c(cc1OCCCN(C)C)[nH]c1ccnc(C3CC3)c12. The maximum absolute atomic E-state index is 5.99. The van der Waals surface area contributed by atoms with Crippen molar-refractivity contribution in [3.8, 4) is 11.5 Å². The summed E-state index contributed by atoms with van der Waals surface area (Å²) in [5, 5.41) is 2.40. The molecule has 0 bridgehead atoms. The van der Waals surface area contributed by atoms with Crippen LogP contribution in [-0.2, 0) is 0 Å². The van der Waals surface area contributed by atoms with E-state index in [1.807, 2.05) is 12.3 Å². The number of benzene rings is 1. The second-order valence-electron chi connectivity index (χ2n) is 7.07. The lowest BCUT2D eigenvalue weighted by atomic mass is 10.1. The molecular formula is C20H25N3O2. The lowest BCUT2D eigenvalue weighted by Gasteiger charge is -2.13. The Morgan fingerprint density at radius 3 is 2.76 bits per heavy atom. The van der Waals surface area contributed by atoms with Crippen LogP contribution in [0.2, 0.25) is 0 Å². The molecule has 1 aliphatic carbocycles. The normalized spacial score (nSPS) is 14.6. The van der Waals surface area contributed by atoms with Gasteiger partial charge in [-0.2, -0.15) is 0 Å². The molecule has 1 N–H and O–H groups in total. The molecule has 0 radical (unpaired) electrons. The van der Waals surface area contributed by atoms with E-state index in [0.29, 0.717) is 12.5 Å². The van der Waals surface area contributed by atoms with Crippen molar-refractivity contribution in [3.05, 3.63) is 30.1 Å². The van der Waals surface area contributed by atoms with Gasteiger partial charge in [0.25, 0.3) is 0 Å². The van der Waals surface area contributed by atoms with E-state index in [-0.39, 0.29) is 0 Å². The van der Waals surface area contributed by atoms with Gasteiger partial charge in [-0.15, -0.1) is 0 Å². The molecule has 3 aromatic rings. The number of nitrogens with one attached hydrogen (secondary N) is 1. The van der Waals surface area contributed by atoms with Crippen LogP contribution in [-0.4, -0.2) is 49.2 Å². The first kappa shape index (κ1) is 16.2. The van der Waals surface area contributed by atoms with Crippen LogP contribution >= 0.6 is 0 Å². The smallest absolute Gasteiger partial charge is 0.163 e. The van der Waals surface area contributed by atoms with Crippen molar-refractivity contribution < 1.29 is 9.47 Å². The summed E-state index contributed by atoms with van der Waals surface area (Å²) >= 11 is 0. The largest absolute Gasteiger partial charge is 0.493 e. The summed E-state index contributed by atoms with van der Waals surface area (Å²) in [6.07, 6.45) is 5.36. The zero-order valence-corrected chi connectivity index (χ0v) is 15.1. The Labute approximate surface area is 147 Å². The fraction of sp³-hybridized carbons (Fsp3) is 0.450. The van der Waals surface area contributed by atoms with Gasteiger partial charge in [-0.05, 0) is 45.5 Å². The van der Waals surface area contributed by atoms with E-state index < -0.39 is 0 Å². The highest BCUT2D eigenvalue weighted by molar-refractivity contribution is 6.09. The second-order valence-corrected chi connectivity index (χ2v) is 7.07. The number of hydrogen-bond donors (Lipinski definition) is 1. The molecule has 132 valence electrons. The Bertz CT molecular complexity index is 897. The summed E-state index contributed by atoms with van der Waals surface area (Å²) in [6.45, 7) is 1.68. The number of rotatable bonds is 7. The van der Waals surface area contributed by atoms with Crippen molar-refractivity contribution in [1.29, 1.82) is 0 Å². The second kappa shape index (κ2) is 6.56. The fourth-order valence-corrected chi connectivity index (χ4v) is 3.38. The third-order valence-electron chi connectivity index (χ3n) is 4.79. The molecule has 0 saturated heterocycles. The molecule has 4 rings (SSSR count). The monoisotopic (exact) mass is 339 g/mol. The minimum absolute atomic E-state index is 0.607. The van der Waals surface area contributed by atoms with Gasteiger partial charge < -0.3 is 19.4 Å². The third kappa shape index (κ3) is 3.16. The molecule has 2 heterocycles. The van der Waals surface area contributed by atoms with Crippen molar-refractivity contribution >= 4 is 21.8 Å². The Morgan fingerprint density at radius 1 is 1.20 bits per heavy atom. The Balaban J connectivity index is 1.71. The molecule has 0 spiro atoms. The molecule has 0 unspecified atom stereocenters. The molecule has 0 atom stereocenters. The topological polar surface area (TPSA) is 50.4 Å². The number of hydrogen-bond acceptors (Lipinski definition) is 4. The average molecular weight is 339 g/mol. The van der Waals surface area contributed by atoms with Crippen LogP contribution in [0.15, 0.2) is 24.4 Å². The molecule has 1 fully saturated rings. The minimum Gasteiger partial charge on any atom is -0.493 e. The van der Waals surface area contributed by atoms with Crippen molar-refractivity contribution in [2.45, 2.75) is 25.2 Å². The van der Waals surface area contributed by atoms with Crippen LogP contribution in [0, 0.1) is 0 Å². The summed E-state index contributed by atoms with van der Waals surface area (Å²) < 4.78 is 11.6. The summed E-state index contributed by atoms with van der Waals surface area (Å²) in [5.74, 6) is 2.18. The van der Waals surface area contributed by atoms with Gasteiger partial charge in [-0.3, -0.25) is 4.98 Å². The van der Waals surface area contributed by atoms with E-state index in [1.54, 1.807) is 7.11 Å². The number of fused-ring (bicyclic) bond motifs is 3. The molecule has 1 saturated carbocycles. The van der Waals surface area contributed by atoms with E-state index in [0.717, 1.165) is 35.5 Å². The standard InChI is InChI=1S/C20H25N3O2/c1-23(2)9-4-10-25-18-12-16-14(11-17(18)24-3)19-15(22-16)7-8-21-20(19)13-5-6-13/h7-8,11-13,22H,4-6,9-10H2,1-3H3. The molecule has 2 aromatic heterocycles. The summed E-state index contributed by atoms with van der Waals surface area (Å²) in [7, 11) is 5.84. The molecule has 0 amide bonds. The maximum atomic E-state index is 5.99. The molecule has 1 aromatic carbocycles. The number of aromatic nitrogens is 2. The number of H-pyrrole nitrogens is 1. The van der Waals surface area contributed by atoms with Crippen LogP contribution in [0.3, 0.4) is 0 Å². The van der Waals surface area contributed by atoms with Gasteiger partial charge in [0.05, 0.1) is 24.9 Å². The number of aromatic amines is 1. The van der Waals surface area contributed by atoms with Crippen molar-refractivity contribution in [2.75, 3.05) is 34.4 Å².